The van der Waals surface area contributed by atoms with Crippen molar-refractivity contribution < 1.29 is 9.53 Å². The number of nitrogens with two attached hydrogens (primary N) is 1. The lowest BCUT2D eigenvalue weighted by Gasteiger charge is -2.32. The van der Waals surface area contributed by atoms with Gasteiger partial charge in [0.1, 0.15) is 0 Å². The van der Waals surface area contributed by atoms with Crippen molar-refractivity contribution in [3.05, 3.63) is 27.7 Å². The first-order valence-electron chi connectivity index (χ1n) is 6.24. The first-order chi connectivity index (χ1) is 9.04. The topological polar surface area (TPSA) is 55.6 Å². The zero-order valence-corrected chi connectivity index (χ0v) is 11.7. The van der Waals surface area contributed by atoms with E-state index in [1.165, 1.54) is 0 Å². The van der Waals surface area contributed by atoms with Gasteiger partial charge < -0.3 is 15.4 Å². The number of amides is 1. The van der Waals surface area contributed by atoms with Gasteiger partial charge in [0.05, 0.1) is 27.8 Å². The van der Waals surface area contributed by atoms with Crippen molar-refractivity contribution in [3.63, 3.8) is 0 Å². The molecule has 0 saturated carbocycles. The van der Waals surface area contributed by atoms with Gasteiger partial charge in [-0.3, -0.25) is 4.79 Å². The summed E-state index contributed by atoms with van der Waals surface area (Å²) in [5.74, 6) is -0.126. The molecule has 1 aromatic rings. The second-order valence-corrected chi connectivity index (χ2v) is 5.82. The molecule has 2 atom stereocenters. The van der Waals surface area contributed by atoms with Crippen LogP contribution < -0.4 is 5.73 Å². The standard InChI is InChI=1S/C13H14Cl2N2O2/c14-11-4-7(16)3-10(12(11)15)13(18)17-5-8-1-2-9(6-17)19-8/h3-4,8-9H,1-2,5-6,16H2. The highest BCUT2D eigenvalue weighted by Gasteiger charge is 2.36. The highest BCUT2D eigenvalue weighted by molar-refractivity contribution is 6.44. The summed E-state index contributed by atoms with van der Waals surface area (Å²) in [4.78, 5) is 14.3. The number of carbonyl (C=O) groups excluding carboxylic acids is 1. The van der Waals surface area contributed by atoms with Crippen LogP contribution in [0.15, 0.2) is 12.1 Å². The molecule has 3 rings (SSSR count). The van der Waals surface area contributed by atoms with E-state index < -0.39 is 0 Å². The molecule has 2 aliphatic heterocycles. The Morgan fingerprint density at radius 1 is 1.26 bits per heavy atom. The van der Waals surface area contributed by atoms with Crippen molar-refractivity contribution >= 4 is 34.8 Å². The number of ether oxygens (including phenoxy) is 1. The molecule has 2 N–H and O–H groups in total. The van der Waals surface area contributed by atoms with Crippen molar-refractivity contribution in [2.45, 2.75) is 25.0 Å². The second-order valence-electron chi connectivity index (χ2n) is 5.03. The second kappa shape index (κ2) is 4.85. The molecule has 2 fully saturated rings. The zero-order valence-electron chi connectivity index (χ0n) is 10.2. The summed E-state index contributed by atoms with van der Waals surface area (Å²) < 4.78 is 5.71. The Balaban J connectivity index is 1.88. The molecule has 0 aliphatic carbocycles. The highest BCUT2D eigenvalue weighted by Crippen LogP contribution is 2.32. The lowest BCUT2D eigenvalue weighted by atomic mass is 10.1. The predicted octanol–water partition coefficient (Wildman–Crippen LogP) is 2.58. The van der Waals surface area contributed by atoms with Crippen LogP contribution in [-0.2, 0) is 4.74 Å². The van der Waals surface area contributed by atoms with Gasteiger partial charge in [0.15, 0.2) is 0 Å². The van der Waals surface area contributed by atoms with Crippen LogP contribution in [0, 0.1) is 0 Å². The highest BCUT2D eigenvalue weighted by atomic mass is 35.5. The van der Waals surface area contributed by atoms with E-state index >= 15 is 0 Å². The molecule has 19 heavy (non-hydrogen) atoms. The fourth-order valence-corrected chi connectivity index (χ4v) is 3.13. The van der Waals surface area contributed by atoms with Gasteiger partial charge in [0.2, 0.25) is 0 Å². The number of hydrogen-bond acceptors (Lipinski definition) is 3. The third kappa shape index (κ3) is 2.40. The Labute approximate surface area is 121 Å². The summed E-state index contributed by atoms with van der Waals surface area (Å²) in [6.07, 6.45) is 2.33. The van der Waals surface area contributed by atoms with Crippen molar-refractivity contribution in [1.82, 2.24) is 4.90 Å². The third-order valence-electron chi connectivity index (χ3n) is 3.61. The average Bonchev–Trinajstić information content (AvgIpc) is 2.72. The molecule has 0 aromatic heterocycles. The molecule has 2 heterocycles. The molecule has 2 bridgehead atoms. The number of rotatable bonds is 1. The Morgan fingerprint density at radius 2 is 1.89 bits per heavy atom. The minimum atomic E-state index is -0.126. The van der Waals surface area contributed by atoms with E-state index in [4.69, 9.17) is 33.7 Å². The van der Waals surface area contributed by atoms with Gasteiger partial charge >= 0.3 is 0 Å². The molecule has 4 nitrogen and oxygen atoms in total. The maximum Gasteiger partial charge on any atom is 0.255 e. The van der Waals surface area contributed by atoms with E-state index in [0.717, 1.165) is 12.8 Å². The van der Waals surface area contributed by atoms with Crippen LogP contribution in [0.5, 0.6) is 0 Å². The fourth-order valence-electron chi connectivity index (χ4n) is 2.72. The monoisotopic (exact) mass is 300 g/mol. The summed E-state index contributed by atoms with van der Waals surface area (Å²) in [5, 5.41) is 0.570. The summed E-state index contributed by atoms with van der Waals surface area (Å²) in [5.41, 5.74) is 6.53. The van der Waals surface area contributed by atoms with Crippen LogP contribution in [0.1, 0.15) is 23.2 Å². The van der Waals surface area contributed by atoms with Gasteiger partial charge in [0.25, 0.3) is 5.91 Å². The number of morpholine rings is 1. The van der Waals surface area contributed by atoms with Gasteiger partial charge in [-0.15, -0.1) is 0 Å². The Hall–Kier alpha value is -0.970. The number of hydrogen-bond donors (Lipinski definition) is 1. The predicted molar refractivity (Wildman–Crippen MR) is 74.7 cm³/mol. The Morgan fingerprint density at radius 3 is 2.53 bits per heavy atom. The van der Waals surface area contributed by atoms with Crippen LogP contribution in [-0.4, -0.2) is 36.1 Å². The smallest absolute Gasteiger partial charge is 0.255 e. The molecule has 102 valence electrons. The largest absolute Gasteiger partial charge is 0.399 e. The number of nitrogen functional groups attached to an aromatic ring is 1. The number of likely N-dealkylation sites (tertiary alicyclic amines) is 1. The molecular weight excluding hydrogens is 287 g/mol. The van der Waals surface area contributed by atoms with Crippen LogP contribution in [0.2, 0.25) is 10.0 Å². The molecule has 2 unspecified atom stereocenters. The van der Waals surface area contributed by atoms with Gasteiger partial charge in [-0.1, -0.05) is 23.2 Å². The van der Waals surface area contributed by atoms with Crippen molar-refractivity contribution in [2.75, 3.05) is 18.8 Å². The molecular formula is C13H14Cl2N2O2. The van der Waals surface area contributed by atoms with E-state index in [9.17, 15) is 4.79 Å². The number of anilines is 1. The van der Waals surface area contributed by atoms with Crippen LogP contribution in [0.3, 0.4) is 0 Å². The van der Waals surface area contributed by atoms with Gasteiger partial charge in [-0.25, -0.2) is 0 Å². The summed E-state index contributed by atoms with van der Waals surface area (Å²) in [6.45, 7) is 1.22. The molecule has 2 saturated heterocycles. The fraction of sp³-hybridized carbons (Fsp3) is 0.462. The number of carbonyl (C=O) groups is 1. The SMILES string of the molecule is Nc1cc(Cl)c(Cl)c(C(=O)N2CC3CCC(C2)O3)c1. The van der Waals surface area contributed by atoms with Crippen LogP contribution >= 0.6 is 23.2 Å². The summed E-state index contributed by atoms with van der Waals surface area (Å²) in [6, 6.07) is 3.12. The normalized spacial score (nSPS) is 25.7. The molecule has 2 aliphatic rings. The van der Waals surface area contributed by atoms with E-state index in [2.05, 4.69) is 0 Å². The molecule has 6 heteroatoms. The van der Waals surface area contributed by atoms with Crippen LogP contribution in [0.4, 0.5) is 5.69 Å². The first-order valence-corrected chi connectivity index (χ1v) is 6.99. The van der Waals surface area contributed by atoms with E-state index in [1.807, 2.05) is 0 Å². The molecule has 1 amide bonds. The number of benzene rings is 1. The van der Waals surface area contributed by atoms with Crippen molar-refractivity contribution in [1.29, 1.82) is 0 Å². The van der Waals surface area contributed by atoms with Crippen LogP contribution in [0.25, 0.3) is 0 Å². The minimum absolute atomic E-state index is 0.126. The molecule has 1 aromatic carbocycles. The lowest BCUT2D eigenvalue weighted by molar-refractivity contribution is -0.0303. The van der Waals surface area contributed by atoms with E-state index in [1.54, 1.807) is 17.0 Å². The van der Waals surface area contributed by atoms with Gasteiger partial charge in [-0.2, -0.15) is 0 Å². The zero-order chi connectivity index (χ0) is 13.6. The van der Waals surface area contributed by atoms with Gasteiger partial charge in [0, 0.05) is 18.8 Å². The first kappa shape index (κ1) is 13.0. The van der Waals surface area contributed by atoms with E-state index in [0.29, 0.717) is 29.4 Å². The minimum Gasteiger partial charge on any atom is -0.399 e. The maximum atomic E-state index is 12.5. The van der Waals surface area contributed by atoms with Crippen molar-refractivity contribution in [3.8, 4) is 0 Å². The number of halogens is 2. The van der Waals surface area contributed by atoms with Crippen molar-refractivity contribution in [2.24, 2.45) is 0 Å². The molecule has 0 spiro atoms. The third-order valence-corrected chi connectivity index (χ3v) is 4.41. The summed E-state index contributed by atoms with van der Waals surface area (Å²) >= 11 is 12.1. The Bertz CT molecular complexity index is 524. The van der Waals surface area contributed by atoms with E-state index in [-0.39, 0.29) is 23.1 Å². The lowest BCUT2D eigenvalue weighted by Crippen LogP contribution is -2.45. The number of nitrogens with zero attached hydrogens (tertiary/aromatic N) is 1. The maximum absolute atomic E-state index is 12.5. The summed E-state index contributed by atoms with van der Waals surface area (Å²) in [7, 11) is 0. The molecule has 0 radical (unpaired) electrons. The number of fused-ring (bicyclic) bond motifs is 2. The average molecular weight is 301 g/mol. The van der Waals surface area contributed by atoms with Gasteiger partial charge in [-0.05, 0) is 25.0 Å². The quantitative estimate of drug-likeness (QED) is 0.811. The Kier molecular flexibility index (Phi) is 3.33.